The molecule has 1 N–H and O–H groups in total. The first-order chi connectivity index (χ1) is 10.6. The maximum absolute atomic E-state index is 12.0. The minimum absolute atomic E-state index is 0.0854. The number of nitrogens with one attached hydrogen (secondary N) is 1. The van der Waals surface area contributed by atoms with Crippen molar-refractivity contribution in [1.82, 2.24) is 39.9 Å². The maximum atomic E-state index is 12.0. The fourth-order valence-electron chi connectivity index (χ4n) is 1.73. The summed E-state index contributed by atoms with van der Waals surface area (Å²) in [5.74, 6) is 0.589. The van der Waals surface area contributed by atoms with E-state index in [0.717, 1.165) is 14.5 Å². The van der Waals surface area contributed by atoms with Gasteiger partial charge in [0, 0.05) is 25.0 Å². The summed E-state index contributed by atoms with van der Waals surface area (Å²) in [7, 11) is 1.50. The highest BCUT2D eigenvalue weighted by molar-refractivity contribution is 5.34. The van der Waals surface area contributed by atoms with E-state index in [9.17, 15) is 4.79 Å². The summed E-state index contributed by atoms with van der Waals surface area (Å²) in [5, 5.41) is 12.1. The Morgan fingerprint density at radius 3 is 2.95 bits per heavy atom. The van der Waals surface area contributed by atoms with E-state index in [-0.39, 0.29) is 12.5 Å². The number of aromatic nitrogens is 8. The van der Waals surface area contributed by atoms with E-state index < -0.39 is 5.69 Å². The topological polar surface area (TPSA) is 116 Å². The summed E-state index contributed by atoms with van der Waals surface area (Å²) in [6.07, 6.45) is 2.78. The van der Waals surface area contributed by atoms with Gasteiger partial charge >= 0.3 is 5.69 Å². The predicted octanol–water partition coefficient (Wildman–Crippen LogP) is -0.633. The number of nitrogens with zero attached hydrogens (tertiary/aromatic N) is 7. The van der Waals surface area contributed by atoms with Crippen molar-refractivity contribution in [3.8, 4) is 11.7 Å². The van der Waals surface area contributed by atoms with Gasteiger partial charge in [0.2, 0.25) is 5.88 Å². The molecule has 0 spiro atoms. The highest BCUT2D eigenvalue weighted by atomic mass is 16.5. The molecule has 0 radical (unpaired) electrons. The summed E-state index contributed by atoms with van der Waals surface area (Å²) in [6.45, 7) is 1.86. The summed E-state index contributed by atoms with van der Waals surface area (Å²) >= 11 is 0. The molecule has 0 saturated carbocycles. The van der Waals surface area contributed by atoms with Crippen LogP contribution < -0.4 is 10.4 Å². The van der Waals surface area contributed by atoms with Gasteiger partial charge in [0.05, 0.1) is 5.56 Å². The number of rotatable bonds is 4. The van der Waals surface area contributed by atoms with Crippen molar-refractivity contribution in [2.45, 2.75) is 13.5 Å². The molecule has 3 aromatic rings. The van der Waals surface area contributed by atoms with Gasteiger partial charge in [-0.1, -0.05) is 0 Å². The predicted molar refractivity (Wildman–Crippen MR) is 69.8 cm³/mol. The lowest BCUT2D eigenvalue weighted by molar-refractivity contribution is 0.291. The molecule has 0 unspecified atom stereocenters. The number of aromatic amines is 1. The van der Waals surface area contributed by atoms with Crippen molar-refractivity contribution in [2.75, 3.05) is 0 Å². The molecule has 21 heavy (non-hydrogen) atoms. The van der Waals surface area contributed by atoms with E-state index in [2.05, 4.69) is 25.5 Å². The molecule has 0 fully saturated rings. The highest BCUT2D eigenvalue weighted by Crippen LogP contribution is 2.15. The van der Waals surface area contributed by atoms with Crippen LogP contribution in [0.1, 0.15) is 11.3 Å². The molecule has 108 valence electrons. The summed E-state index contributed by atoms with van der Waals surface area (Å²) in [4.78, 5) is 20.2. The van der Waals surface area contributed by atoms with Crippen molar-refractivity contribution < 1.29 is 6.15 Å². The first kappa shape index (κ1) is 11.8. The van der Waals surface area contributed by atoms with Gasteiger partial charge in [-0.2, -0.15) is 4.68 Å². The molecule has 0 amide bonds. The summed E-state index contributed by atoms with van der Waals surface area (Å²) < 4.78 is 15.0. The summed E-state index contributed by atoms with van der Waals surface area (Å²) in [6, 6.07) is 1.56. The first-order valence-electron chi connectivity index (χ1n) is 6.48. The Bertz CT molecular complexity index is 867. The van der Waals surface area contributed by atoms with E-state index in [1.54, 1.807) is 13.0 Å². The van der Waals surface area contributed by atoms with Gasteiger partial charge in [0.25, 0.3) is 0 Å². The van der Waals surface area contributed by atoms with Gasteiger partial charge in [-0.05, 0) is 17.4 Å². The molecule has 0 aliphatic rings. The van der Waals surface area contributed by atoms with Crippen LogP contribution in [0.25, 0.3) is 5.82 Å². The third-order valence-electron chi connectivity index (χ3n) is 2.86. The van der Waals surface area contributed by atoms with Crippen molar-refractivity contribution in [2.24, 2.45) is 7.05 Å². The van der Waals surface area contributed by atoms with Gasteiger partial charge in [-0.25, -0.2) is 14.8 Å². The van der Waals surface area contributed by atoms with Crippen LogP contribution in [0.4, 0.5) is 0 Å². The van der Waals surface area contributed by atoms with Gasteiger partial charge in [0.15, 0.2) is 7.23 Å². The Balaban J connectivity index is 1.96. The molecule has 0 atom stereocenters. The maximum Gasteiger partial charge on any atom is 0.369 e. The highest BCUT2D eigenvalue weighted by Gasteiger charge is 2.16. The Morgan fingerprint density at radius 2 is 2.29 bits per heavy atom. The Hall–Kier alpha value is -3.04. The molecular formula is C11H12N8O2. The van der Waals surface area contributed by atoms with Crippen LogP contribution in [-0.4, -0.2) is 39.9 Å². The quantitative estimate of drug-likeness (QED) is 0.679. The average Bonchev–Trinajstić information content (AvgIpc) is 3.05. The molecule has 0 aliphatic heterocycles. The van der Waals surface area contributed by atoms with Crippen molar-refractivity contribution >= 4 is 0 Å². The van der Waals surface area contributed by atoms with E-state index >= 15 is 0 Å². The molecule has 3 rings (SSSR count). The number of ether oxygens (including phenoxy) is 1. The van der Waals surface area contributed by atoms with E-state index in [1.807, 2.05) is 0 Å². The van der Waals surface area contributed by atoms with E-state index in [0.29, 0.717) is 17.1 Å². The Kier molecular flexibility index (Phi) is 2.88. The SMILES string of the molecule is [3H]n1ccc(OCc2c(C)ncnc2-n2nnn(C)c2=O)n1. The molecule has 10 heteroatoms. The molecule has 0 aliphatic carbocycles. The molecule has 3 heterocycles. The normalized spacial score (nSPS) is 11.4. The van der Waals surface area contributed by atoms with Crippen molar-refractivity contribution in [3.63, 3.8) is 0 Å². The third kappa shape index (κ3) is 2.38. The minimum atomic E-state index is -0.421. The fraction of sp³-hybridized carbons (Fsp3) is 0.273. The lowest BCUT2D eigenvalue weighted by atomic mass is 10.2. The lowest BCUT2D eigenvalue weighted by Crippen LogP contribution is -2.24. The number of hydrogen-bond acceptors (Lipinski definition) is 7. The first-order valence-corrected chi connectivity index (χ1v) is 6.04. The standard InChI is InChI=1S/C11H12N8O2/c1-7-8(5-21-9-3-4-14-15-9)10(13-6-12-7)19-11(20)18(2)16-17-19/h3-4,6H,5H2,1-2H3,(H,14,15)/i/hT. The van der Waals surface area contributed by atoms with Crippen LogP contribution in [0.5, 0.6) is 5.88 Å². The number of aryl methyl sites for hydroxylation is 2. The lowest BCUT2D eigenvalue weighted by Gasteiger charge is -2.09. The minimum Gasteiger partial charge on any atom is -0.472 e. The molecule has 0 aromatic carbocycles. The average molecular weight is 290 g/mol. The fourth-order valence-corrected chi connectivity index (χ4v) is 1.73. The second-order valence-electron chi connectivity index (χ2n) is 4.22. The van der Waals surface area contributed by atoms with Gasteiger partial charge in [0.1, 0.15) is 12.9 Å². The van der Waals surface area contributed by atoms with Crippen molar-refractivity contribution in [3.05, 3.63) is 40.3 Å². The van der Waals surface area contributed by atoms with Crippen LogP contribution in [0.3, 0.4) is 0 Å². The van der Waals surface area contributed by atoms with Crippen LogP contribution in [0, 0.1) is 6.92 Å². The van der Waals surface area contributed by atoms with Crippen LogP contribution >= 0.6 is 0 Å². The number of hydrogen-bond donors (Lipinski definition) is 1. The smallest absolute Gasteiger partial charge is 0.369 e. The number of tetrazole rings is 1. The van der Waals surface area contributed by atoms with Gasteiger partial charge in [-0.15, -0.1) is 9.78 Å². The zero-order valence-corrected chi connectivity index (χ0v) is 11.3. The van der Waals surface area contributed by atoms with Crippen LogP contribution in [0.2, 0.25) is 1.41 Å². The summed E-state index contributed by atoms with van der Waals surface area (Å²) in [5.41, 5.74) is 0.812. The largest absolute Gasteiger partial charge is 0.472 e. The molecule has 3 aromatic heterocycles. The van der Waals surface area contributed by atoms with E-state index in [1.165, 1.54) is 19.6 Å². The zero-order valence-electron chi connectivity index (χ0n) is 12.3. The Labute approximate surface area is 119 Å². The van der Waals surface area contributed by atoms with Crippen LogP contribution in [-0.2, 0) is 13.7 Å². The monoisotopic (exact) mass is 290 g/mol. The van der Waals surface area contributed by atoms with Gasteiger partial charge in [-0.3, -0.25) is 5.09 Å². The molecule has 0 saturated heterocycles. The van der Waals surface area contributed by atoms with Crippen LogP contribution in [0.15, 0.2) is 23.4 Å². The third-order valence-corrected chi connectivity index (χ3v) is 2.86. The Morgan fingerprint density at radius 1 is 1.43 bits per heavy atom. The molecule has 10 nitrogen and oxygen atoms in total. The molecule has 0 bridgehead atoms. The zero-order chi connectivity index (χ0) is 15.7. The second kappa shape index (κ2) is 5.15. The molecular weight excluding hydrogens is 276 g/mol. The van der Waals surface area contributed by atoms with Crippen molar-refractivity contribution in [1.29, 1.82) is 0 Å². The number of H-pyrrole nitrogens is 1. The van der Waals surface area contributed by atoms with E-state index in [4.69, 9.17) is 6.15 Å². The second-order valence-corrected chi connectivity index (χ2v) is 4.22. The van der Waals surface area contributed by atoms with Gasteiger partial charge < -0.3 is 4.74 Å².